The molecule has 0 spiro atoms. The molecule has 2 aromatic rings. The lowest BCUT2D eigenvalue weighted by Gasteiger charge is -2.16. The summed E-state index contributed by atoms with van der Waals surface area (Å²) < 4.78 is 0. The molecule has 1 heterocycles. The van der Waals surface area contributed by atoms with Gasteiger partial charge in [0.15, 0.2) is 0 Å². The van der Waals surface area contributed by atoms with Gasteiger partial charge < -0.3 is 5.32 Å². The van der Waals surface area contributed by atoms with Gasteiger partial charge in [-0.25, -0.2) is 0 Å². The quantitative estimate of drug-likeness (QED) is 0.886. The van der Waals surface area contributed by atoms with Crippen molar-refractivity contribution in [1.82, 2.24) is 5.32 Å². The van der Waals surface area contributed by atoms with Crippen LogP contribution in [0.4, 0.5) is 0 Å². The lowest BCUT2D eigenvalue weighted by molar-refractivity contribution is -0.120. The first-order valence-electron chi connectivity index (χ1n) is 8.19. The van der Waals surface area contributed by atoms with Gasteiger partial charge in [0.2, 0.25) is 5.91 Å². The van der Waals surface area contributed by atoms with Crippen molar-refractivity contribution in [2.45, 2.75) is 52.0 Å². The average molecular weight is 313 g/mol. The summed E-state index contributed by atoms with van der Waals surface area (Å²) in [6, 6.07) is 10.8. The number of carbonyl (C=O) groups is 1. The first-order chi connectivity index (χ1) is 10.7. The molecule has 2 nitrogen and oxygen atoms in total. The SMILES string of the molecule is CCc1ccc(CNC(=O)Cc2ccc3c(c2)CCCC3)s1. The number of aryl methyl sites for hydroxylation is 3. The van der Waals surface area contributed by atoms with E-state index in [1.54, 1.807) is 11.3 Å². The Morgan fingerprint density at radius 3 is 2.64 bits per heavy atom. The standard InChI is InChI=1S/C19H23NOS/c1-2-17-9-10-18(22-17)13-20-19(21)12-14-7-8-15-5-3-4-6-16(15)11-14/h7-11H,2-6,12-13H2,1H3,(H,20,21). The smallest absolute Gasteiger partial charge is 0.224 e. The zero-order valence-corrected chi connectivity index (χ0v) is 14.0. The summed E-state index contributed by atoms with van der Waals surface area (Å²) in [5.74, 6) is 0.113. The van der Waals surface area contributed by atoms with E-state index in [1.807, 2.05) is 0 Å². The predicted molar refractivity (Wildman–Crippen MR) is 92.3 cm³/mol. The second kappa shape index (κ2) is 7.10. The number of carbonyl (C=O) groups excluding carboxylic acids is 1. The number of hydrogen-bond donors (Lipinski definition) is 1. The fraction of sp³-hybridized carbons (Fsp3) is 0.421. The molecule has 0 atom stereocenters. The Morgan fingerprint density at radius 1 is 1.09 bits per heavy atom. The van der Waals surface area contributed by atoms with Crippen LogP contribution >= 0.6 is 11.3 Å². The molecule has 1 aliphatic carbocycles. The molecule has 22 heavy (non-hydrogen) atoms. The van der Waals surface area contributed by atoms with Gasteiger partial charge in [0.25, 0.3) is 0 Å². The Balaban J connectivity index is 1.55. The summed E-state index contributed by atoms with van der Waals surface area (Å²) in [5.41, 5.74) is 4.06. The topological polar surface area (TPSA) is 29.1 Å². The molecule has 116 valence electrons. The second-order valence-corrected chi connectivity index (χ2v) is 7.24. The van der Waals surface area contributed by atoms with E-state index in [4.69, 9.17) is 0 Å². The van der Waals surface area contributed by atoms with Crippen molar-refractivity contribution in [3.63, 3.8) is 0 Å². The minimum Gasteiger partial charge on any atom is -0.351 e. The molecule has 0 saturated heterocycles. The van der Waals surface area contributed by atoms with Crippen LogP contribution in [0.1, 0.15) is 46.2 Å². The van der Waals surface area contributed by atoms with Crippen molar-refractivity contribution in [3.8, 4) is 0 Å². The molecule has 3 rings (SSSR count). The molecule has 1 aromatic heterocycles. The number of rotatable bonds is 5. The molecule has 1 aliphatic rings. The summed E-state index contributed by atoms with van der Waals surface area (Å²) in [4.78, 5) is 14.7. The van der Waals surface area contributed by atoms with E-state index < -0.39 is 0 Å². The van der Waals surface area contributed by atoms with E-state index in [1.165, 1.54) is 46.6 Å². The Morgan fingerprint density at radius 2 is 1.86 bits per heavy atom. The molecule has 1 aromatic carbocycles. The largest absolute Gasteiger partial charge is 0.351 e. The third-order valence-corrected chi connectivity index (χ3v) is 5.53. The maximum atomic E-state index is 12.1. The number of amides is 1. The molecular formula is C19H23NOS. The highest BCUT2D eigenvalue weighted by atomic mass is 32.1. The Bertz CT molecular complexity index is 659. The Hall–Kier alpha value is -1.61. The fourth-order valence-corrected chi connectivity index (χ4v) is 3.94. The van der Waals surface area contributed by atoms with E-state index >= 15 is 0 Å². The molecule has 1 amide bonds. The third-order valence-electron chi connectivity index (χ3n) is 4.30. The Kier molecular flexibility index (Phi) is 4.94. The van der Waals surface area contributed by atoms with Gasteiger partial charge in [-0.3, -0.25) is 4.79 Å². The van der Waals surface area contributed by atoms with Crippen molar-refractivity contribution in [2.75, 3.05) is 0 Å². The number of fused-ring (bicyclic) bond motifs is 1. The number of nitrogens with one attached hydrogen (secondary N) is 1. The van der Waals surface area contributed by atoms with E-state index in [0.717, 1.165) is 12.0 Å². The summed E-state index contributed by atoms with van der Waals surface area (Å²) >= 11 is 1.79. The predicted octanol–water partition coefficient (Wildman–Crippen LogP) is 4.05. The van der Waals surface area contributed by atoms with Crippen LogP contribution in [0, 0.1) is 0 Å². The van der Waals surface area contributed by atoms with Crippen molar-refractivity contribution < 1.29 is 4.79 Å². The van der Waals surface area contributed by atoms with Crippen LogP contribution < -0.4 is 5.32 Å². The van der Waals surface area contributed by atoms with Crippen molar-refractivity contribution in [2.24, 2.45) is 0 Å². The van der Waals surface area contributed by atoms with Crippen LogP contribution in [-0.4, -0.2) is 5.91 Å². The van der Waals surface area contributed by atoms with Gasteiger partial charge in [0, 0.05) is 9.75 Å². The maximum absolute atomic E-state index is 12.1. The number of benzene rings is 1. The lowest BCUT2D eigenvalue weighted by Crippen LogP contribution is -2.24. The van der Waals surface area contributed by atoms with E-state index in [-0.39, 0.29) is 5.91 Å². The van der Waals surface area contributed by atoms with E-state index in [9.17, 15) is 4.79 Å². The van der Waals surface area contributed by atoms with E-state index in [2.05, 4.69) is 42.6 Å². The molecule has 0 unspecified atom stereocenters. The molecule has 1 N–H and O–H groups in total. The summed E-state index contributed by atoms with van der Waals surface area (Å²) in [7, 11) is 0. The molecule has 3 heteroatoms. The summed E-state index contributed by atoms with van der Waals surface area (Å²) in [5, 5.41) is 3.04. The number of thiophene rings is 1. The highest BCUT2D eigenvalue weighted by Crippen LogP contribution is 2.22. The molecule has 0 saturated carbocycles. The van der Waals surface area contributed by atoms with Gasteiger partial charge in [-0.05, 0) is 60.9 Å². The molecular weight excluding hydrogens is 290 g/mol. The van der Waals surface area contributed by atoms with Gasteiger partial charge in [0.05, 0.1) is 13.0 Å². The van der Waals surface area contributed by atoms with Gasteiger partial charge in [-0.2, -0.15) is 0 Å². The van der Waals surface area contributed by atoms with Gasteiger partial charge in [0.1, 0.15) is 0 Å². The number of hydrogen-bond acceptors (Lipinski definition) is 2. The summed E-state index contributed by atoms with van der Waals surface area (Å²) in [6.45, 7) is 2.80. The van der Waals surface area contributed by atoms with Crippen LogP contribution in [0.15, 0.2) is 30.3 Å². The van der Waals surface area contributed by atoms with Gasteiger partial charge in [-0.1, -0.05) is 25.1 Å². The molecule has 0 aliphatic heterocycles. The highest BCUT2D eigenvalue weighted by molar-refractivity contribution is 7.11. The highest BCUT2D eigenvalue weighted by Gasteiger charge is 2.11. The van der Waals surface area contributed by atoms with Crippen molar-refractivity contribution in [1.29, 1.82) is 0 Å². The lowest BCUT2D eigenvalue weighted by atomic mass is 9.90. The Labute approximate surface area is 136 Å². The molecule has 0 fully saturated rings. The molecule has 0 radical (unpaired) electrons. The molecule has 0 bridgehead atoms. The monoisotopic (exact) mass is 313 g/mol. The van der Waals surface area contributed by atoms with Crippen LogP contribution in [0.25, 0.3) is 0 Å². The van der Waals surface area contributed by atoms with Crippen molar-refractivity contribution >= 4 is 17.2 Å². The normalized spacial score (nSPS) is 13.7. The van der Waals surface area contributed by atoms with Crippen LogP contribution in [0.5, 0.6) is 0 Å². The minimum atomic E-state index is 0.113. The van der Waals surface area contributed by atoms with Crippen LogP contribution in [-0.2, 0) is 37.0 Å². The first kappa shape index (κ1) is 15.3. The third kappa shape index (κ3) is 3.77. The minimum absolute atomic E-state index is 0.113. The van der Waals surface area contributed by atoms with Gasteiger partial charge in [-0.15, -0.1) is 11.3 Å². The van der Waals surface area contributed by atoms with Crippen LogP contribution in [0.2, 0.25) is 0 Å². The van der Waals surface area contributed by atoms with Crippen molar-refractivity contribution in [3.05, 3.63) is 56.8 Å². The first-order valence-corrected chi connectivity index (χ1v) is 9.01. The zero-order chi connectivity index (χ0) is 15.4. The fourth-order valence-electron chi connectivity index (χ4n) is 3.04. The maximum Gasteiger partial charge on any atom is 0.224 e. The van der Waals surface area contributed by atoms with Gasteiger partial charge >= 0.3 is 0 Å². The second-order valence-electron chi connectivity index (χ2n) is 5.99. The average Bonchev–Trinajstić information content (AvgIpc) is 3.01. The summed E-state index contributed by atoms with van der Waals surface area (Å²) in [6.07, 6.45) is 6.49. The van der Waals surface area contributed by atoms with Crippen LogP contribution in [0.3, 0.4) is 0 Å². The van der Waals surface area contributed by atoms with E-state index in [0.29, 0.717) is 13.0 Å². The zero-order valence-electron chi connectivity index (χ0n) is 13.2.